The van der Waals surface area contributed by atoms with E-state index in [1.807, 2.05) is 48.9 Å². The van der Waals surface area contributed by atoms with Crippen molar-refractivity contribution in [2.24, 2.45) is 0 Å². The van der Waals surface area contributed by atoms with Crippen LogP contribution in [0.5, 0.6) is 0 Å². The maximum absolute atomic E-state index is 12.3. The molecule has 1 aromatic carbocycles. The summed E-state index contributed by atoms with van der Waals surface area (Å²) in [6.07, 6.45) is 1.23. The van der Waals surface area contributed by atoms with Crippen LogP contribution in [0.4, 0.5) is 5.82 Å². The molecule has 0 spiro atoms. The van der Waals surface area contributed by atoms with E-state index in [-0.39, 0.29) is 18.4 Å². The van der Waals surface area contributed by atoms with E-state index >= 15 is 0 Å². The summed E-state index contributed by atoms with van der Waals surface area (Å²) in [7, 11) is 0. The molecule has 0 bridgehead atoms. The first-order valence-corrected chi connectivity index (χ1v) is 8.31. The van der Waals surface area contributed by atoms with E-state index in [2.05, 4.69) is 10.4 Å². The number of rotatable bonds is 5. The van der Waals surface area contributed by atoms with Gasteiger partial charge in [0, 0.05) is 24.6 Å². The van der Waals surface area contributed by atoms with Crippen molar-refractivity contribution in [3.63, 3.8) is 0 Å². The number of aryl methyl sites for hydroxylation is 2. The summed E-state index contributed by atoms with van der Waals surface area (Å²) in [6.45, 7) is 5.24. The zero-order valence-corrected chi connectivity index (χ0v) is 14.1. The lowest BCUT2D eigenvalue weighted by Gasteiger charge is -2.26. The van der Waals surface area contributed by atoms with Crippen LogP contribution in [0.3, 0.4) is 0 Å². The first-order valence-electron chi connectivity index (χ1n) is 8.31. The van der Waals surface area contributed by atoms with Crippen LogP contribution in [0.1, 0.15) is 25.3 Å². The highest BCUT2D eigenvalue weighted by Crippen LogP contribution is 2.29. The first-order chi connectivity index (χ1) is 11.6. The second kappa shape index (κ2) is 6.86. The third kappa shape index (κ3) is 3.18. The van der Waals surface area contributed by atoms with Crippen molar-refractivity contribution in [3.05, 3.63) is 35.9 Å². The molecule has 0 saturated heterocycles. The van der Waals surface area contributed by atoms with E-state index in [1.54, 1.807) is 0 Å². The van der Waals surface area contributed by atoms with Crippen LogP contribution in [0.2, 0.25) is 0 Å². The van der Waals surface area contributed by atoms with E-state index < -0.39 is 0 Å². The largest absolute Gasteiger partial charge is 0.355 e. The number of hydrogen-bond acceptors (Lipinski definition) is 3. The van der Waals surface area contributed by atoms with Gasteiger partial charge in [0.2, 0.25) is 11.8 Å². The molecule has 3 rings (SSSR count). The summed E-state index contributed by atoms with van der Waals surface area (Å²) in [5, 5.41) is 7.44. The van der Waals surface area contributed by atoms with Gasteiger partial charge in [-0.2, -0.15) is 5.10 Å². The molecule has 6 nitrogen and oxygen atoms in total. The van der Waals surface area contributed by atoms with Gasteiger partial charge in [-0.3, -0.25) is 14.5 Å². The lowest BCUT2D eigenvalue weighted by atomic mass is 10.1. The molecule has 2 aromatic rings. The highest BCUT2D eigenvalue weighted by Gasteiger charge is 2.28. The normalized spacial score (nSPS) is 13.8. The number of amides is 2. The summed E-state index contributed by atoms with van der Waals surface area (Å²) in [6, 6.07) is 9.91. The van der Waals surface area contributed by atoms with Crippen LogP contribution < -0.4 is 10.2 Å². The molecule has 1 N–H and O–H groups in total. The highest BCUT2D eigenvalue weighted by molar-refractivity contribution is 5.99. The number of carbonyl (C=O) groups is 2. The number of nitrogens with zero attached hydrogens (tertiary/aromatic N) is 3. The molecule has 1 aliphatic heterocycles. The van der Waals surface area contributed by atoms with Crippen molar-refractivity contribution >= 4 is 17.6 Å². The molecule has 0 unspecified atom stereocenters. The lowest BCUT2D eigenvalue weighted by molar-refractivity contribution is -0.124. The van der Waals surface area contributed by atoms with Crippen LogP contribution in [0.15, 0.2) is 30.3 Å². The molecule has 0 radical (unpaired) electrons. The van der Waals surface area contributed by atoms with Gasteiger partial charge in [0.25, 0.3) is 0 Å². The van der Waals surface area contributed by atoms with Crippen molar-refractivity contribution in [2.75, 3.05) is 18.0 Å². The van der Waals surface area contributed by atoms with Gasteiger partial charge in [-0.15, -0.1) is 0 Å². The third-order valence-corrected chi connectivity index (χ3v) is 4.17. The van der Waals surface area contributed by atoms with E-state index in [0.29, 0.717) is 25.3 Å². The van der Waals surface area contributed by atoms with Gasteiger partial charge in [-0.25, -0.2) is 4.68 Å². The molecular weight excluding hydrogens is 304 g/mol. The second-order valence-electron chi connectivity index (χ2n) is 6.01. The van der Waals surface area contributed by atoms with Gasteiger partial charge in [0.05, 0.1) is 12.2 Å². The standard InChI is InChI=1S/C18H22N4O2/c1-3-9-19-16(23)12-21-17-11-15(14-7-5-4-6-13(14)2)20-22(17)10-8-18(21)24/h4-7,11H,3,8-10,12H2,1-2H3,(H,19,23). The van der Waals surface area contributed by atoms with E-state index in [9.17, 15) is 9.59 Å². The van der Waals surface area contributed by atoms with E-state index in [4.69, 9.17) is 0 Å². The third-order valence-electron chi connectivity index (χ3n) is 4.17. The molecule has 0 fully saturated rings. The molecular formula is C18H22N4O2. The van der Waals surface area contributed by atoms with Crippen LogP contribution >= 0.6 is 0 Å². The number of aromatic nitrogens is 2. The summed E-state index contributed by atoms with van der Waals surface area (Å²) in [5.74, 6) is 0.513. The Morgan fingerprint density at radius 3 is 2.88 bits per heavy atom. The molecule has 126 valence electrons. The van der Waals surface area contributed by atoms with Gasteiger partial charge >= 0.3 is 0 Å². The minimum Gasteiger partial charge on any atom is -0.355 e. The second-order valence-corrected chi connectivity index (χ2v) is 6.01. The minimum absolute atomic E-state index is 0.0367. The van der Waals surface area contributed by atoms with Gasteiger partial charge < -0.3 is 5.32 Å². The Morgan fingerprint density at radius 1 is 1.33 bits per heavy atom. The van der Waals surface area contributed by atoms with Crippen LogP contribution in [0.25, 0.3) is 11.3 Å². The molecule has 0 aliphatic carbocycles. The molecule has 1 aromatic heterocycles. The number of nitrogens with one attached hydrogen (secondary N) is 1. The Bertz CT molecular complexity index is 766. The Labute approximate surface area is 141 Å². The molecule has 1 aliphatic rings. The van der Waals surface area contributed by atoms with Gasteiger partial charge in [-0.05, 0) is 18.9 Å². The lowest BCUT2D eigenvalue weighted by Crippen LogP contribution is -2.44. The number of benzene rings is 1. The number of hydrogen-bond donors (Lipinski definition) is 1. The van der Waals surface area contributed by atoms with Gasteiger partial charge in [0.15, 0.2) is 0 Å². The minimum atomic E-state index is -0.141. The summed E-state index contributed by atoms with van der Waals surface area (Å²) >= 11 is 0. The SMILES string of the molecule is CCCNC(=O)CN1C(=O)CCn2nc(-c3ccccc3C)cc21. The van der Waals surface area contributed by atoms with Crippen molar-refractivity contribution in [1.29, 1.82) is 0 Å². The maximum Gasteiger partial charge on any atom is 0.240 e. The number of carbonyl (C=O) groups excluding carboxylic acids is 2. The Hall–Kier alpha value is -2.63. The van der Waals surface area contributed by atoms with Crippen molar-refractivity contribution in [2.45, 2.75) is 33.2 Å². The Morgan fingerprint density at radius 2 is 2.12 bits per heavy atom. The van der Waals surface area contributed by atoms with Gasteiger partial charge in [0.1, 0.15) is 12.4 Å². The van der Waals surface area contributed by atoms with E-state index in [1.165, 1.54) is 4.90 Å². The quantitative estimate of drug-likeness (QED) is 0.915. The summed E-state index contributed by atoms with van der Waals surface area (Å²) < 4.78 is 1.82. The van der Waals surface area contributed by atoms with Crippen molar-refractivity contribution < 1.29 is 9.59 Å². The summed E-state index contributed by atoms with van der Waals surface area (Å²) in [4.78, 5) is 25.8. The van der Waals surface area contributed by atoms with Crippen molar-refractivity contribution in [3.8, 4) is 11.3 Å². The zero-order valence-electron chi connectivity index (χ0n) is 14.1. The predicted molar refractivity (Wildman–Crippen MR) is 92.7 cm³/mol. The Kier molecular flexibility index (Phi) is 4.64. The van der Waals surface area contributed by atoms with Crippen LogP contribution in [-0.4, -0.2) is 34.7 Å². The molecule has 2 heterocycles. The number of fused-ring (bicyclic) bond motifs is 1. The molecule has 6 heteroatoms. The molecule has 24 heavy (non-hydrogen) atoms. The van der Waals surface area contributed by atoms with Gasteiger partial charge in [-0.1, -0.05) is 31.2 Å². The fourth-order valence-electron chi connectivity index (χ4n) is 2.88. The van der Waals surface area contributed by atoms with Crippen molar-refractivity contribution in [1.82, 2.24) is 15.1 Å². The van der Waals surface area contributed by atoms with Crippen LogP contribution in [0, 0.1) is 6.92 Å². The molecule has 0 saturated carbocycles. The average molecular weight is 326 g/mol. The fraction of sp³-hybridized carbons (Fsp3) is 0.389. The first kappa shape index (κ1) is 16.2. The Balaban J connectivity index is 1.89. The maximum atomic E-state index is 12.3. The topological polar surface area (TPSA) is 67.2 Å². The highest BCUT2D eigenvalue weighted by atomic mass is 16.2. The molecule has 0 atom stereocenters. The average Bonchev–Trinajstić information content (AvgIpc) is 3.00. The molecule has 2 amide bonds. The fourth-order valence-corrected chi connectivity index (χ4v) is 2.88. The smallest absolute Gasteiger partial charge is 0.240 e. The van der Waals surface area contributed by atoms with E-state index in [0.717, 1.165) is 23.2 Å². The summed E-state index contributed by atoms with van der Waals surface area (Å²) in [5.41, 5.74) is 3.01. The zero-order chi connectivity index (χ0) is 17.1. The predicted octanol–water partition coefficient (Wildman–Crippen LogP) is 2.12. The van der Waals surface area contributed by atoms with Crippen LogP contribution in [-0.2, 0) is 16.1 Å². The monoisotopic (exact) mass is 326 g/mol. The number of anilines is 1.